The van der Waals surface area contributed by atoms with Crippen LogP contribution in [-0.2, 0) is 14.2 Å². The number of nitrogens with zero attached hydrogens (tertiary/aromatic N) is 3. The fourth-order valence-corrected chi connectivity index (χ4v) is 4.49. The zero-order valence-electron chi connectivity index (χ0n) is 21.1. The Labute approximate surface area is 224 Å². The van der Waals surface area contributed by atoms with Gasteiger partial charge in [-0.15, -0.1) is 0 Å². The van der Waals surface area contributed by atoms with Gasteiger partial charge in [0.2, 0.25) is 0 Å². The molecule has 10 heteroatoms. The predicted octanol–water partition coefficient (Wildman–Crippen LogP) is 5.08. The van der Waals surface area contributed by atoms with Gasteiger partial charge in [0.05, 0.1) is 23.6 Å². The molecule has 0 bridgehead atoms. The summed E-state index contributed by atoms with van der Waals surface area (Å²) < 4.78 is 24.6. The zero-order chi connectivity index (χ0) is 26.8. The summed E-state index contributed by atoms with van der Waals surface area (Å²) in [5, 5.41) is 0.869. The summed E-state index contributed by atoms with van der Waals surface area (Å²) in [5.74, 6) is -0.977. The van der Waals surface area contributed by atoms with Crippen molar-refractivity contribution in [2.45, 2.75) is 38.7 Å². The molecule has 38 heavy (non-hydrogen) atoms. The van der Waals surface area contributed by atoms with Crippen LogP contribution in [0.2, 0.25) is 5.15 Å². The molecular weight excluding hydrogens is 510 g/mol. The lowest BCUT2D eigenvalue weighted by Gasteiger charge is -2.19. The number of carbonyl (C=O) groups is 2. The van der Waals surface area contributed by atoms with Gasteiger partial charge in [-0.05, 0) is 44.2 Å². The maximum absolute atomic E-state index is 12.9. The first-order valence-electron chi connectivity index (χ1n) is 12.1. The maximum Gasteiger partial charge on any atom is 0.338 e. The summed E-state index contributed by atoms with van der Waals surface area (Å²) in [6.45, 7) is 3.77. The molecule has 0 radical (unpaired) electrons. The van der Waals surface area contributed by atoms with Crippen LogP contribution in [0.5, 0.6) is 6.01 Å². The number of rotatable bonds is 7. The number of benzene rings is 2. The topological polar surface area (TPSA) is 102 Å². The van der Waals surface area contributed by atoms with Crippen LogP contribution in [0, 0.1) is 13.8 Å². The number of aryl methyl sites for hydroxylation is 2. The standard InChI is InChI=1S/C28H26ClN3O6/c1-16-4-8-18(9-5-16)26(33)36-15-22-21(38-27(34)19-10-6-17(2)7-11-19)14-23(37-22)32-13-12-20-24(29)30-28(35-3)31-25(20)32/h4-13,21-23H,14-15H2,1-3H3/t21-,22+,23+/m0/s1. The number of carbonyl (C=O) groups excluding carboxylic acids is 2. The van der Waals surface area contributed by atoms with Crippen LogP contribution in [0.3, 0.4) is 0 Å². The van der Waals surface area contributed by atoms with Gasteiger partial charge in [-0.1, -0.05) is 47.0 Å². The quantitative estimate of drug-likeness (QED) is 0.238. The Morgan fingerprint density at radius 3 is 2.24 bits per heavy atom. The summed E-state index contributed by atoms with van der Waals surface area (Å²) in [6, 6.07) is 16.1. The Morgan fingerprint density at radius 1 is 0.974 bits per heavy atom. The Bertz CT molecular complexity index is 1470. The molecule has 1 aliphatic heterocycles. The van der Waals surface area contributed by atoms with Crippen LogP contribution >= 0.6 is 11.6 Å². The van der Waals surface area contributed by atoms with Crippen LogP contribution in [0.25, 0.3) is 11.0 Å². The lowest BCUT2D eigenvalue weighted by Crippen LogP contribution is -2.32. The number of halogens is 1. The monoisotopic (exact) mass is 535 g/mol. The maximum atomic E-state index is 12.9. The number of aromatic nitrogens is 3. The molecule has 0 amide bonds. The average Bonchev–Trinajstić information content (AvgIpc) is 3.52. The van der Waals surface area contributed by atoms with Crippen molar-refractivity contribution in [3.05, 3.63) is 88.2 Å². The SMILES string of the molecule is COc1nc(Cl)c2ccn([C@H]3C[C@H](OC(=O)c4ccc(C)cc4)[C@@H](COC(=O)c4ccc(C)cc4)O3)c2n1. The first-order chi connectivity index (χ1) is 18.3. The van der Waals surface area contributed by atoms with Crippen LogP contribution in [0.4, 0.5) is 0 Å². The molecule has 4 aromatic rings. The van der Waals surface area contributed by atoms with Gasteiger partial charge in [0.25, 0.3) is 0 Å². The van der Waals surface area contributed by atoms with E-state index < -0.39 is 30.4 Å². The number of methoxy groups -OCH3 is 1. The molecule has 0 aliphatic carbocycles. The molecule has 0 spiro atoms. The van der Waals surface area contributed by atoms with Crippen molar-refractivity contribution >= 4 is 34.6 Å². The normalized spacial score (nSPS) is 18.9. The van der Waals surface area contributed by atoms with Gasteiger partial charge in [0, 0.05) is 12.6 Å². The van der Waals surface area contributed by atoms with Crippen LogP contribution in [0.1, 0.15) is 44.5 Å². The molecular formula is C28H26ClN3O6. The molecule has 3 heterocycles. The molecule has 1 saturated heterocycles. The van der Waals surface area contributed by atoms with Crippen molar-refractivity contribution in [3.63, 3.8) is 0 Å². The Morgan fingerprint density at radius 2 is 1.61 bits per heavy atom. The van der Waals surface area contributed by atoms with E-state index in [1.165, 1.54) is 7.11 Å². The molecule has 5 rings (SSSR count). The number of esters is 2. The first-order valence-corrected chi connectivity index (χ1v) is 12.4. The van der Waals surface area contributed by atoms with Crippen molar-refractivity contribution in [3.8, 4) is 6.01 Å². The number of hydrogen-bond acceptors (Lipinski definition) is 8. The predicted molar refractivity (Wildman–Crippen MR) is 139 cm³/mol. The lowest BCUT2D eigenvalue weighted by molar-refractivity contribution is -0.0562. The minimum absolute atomic E-state index is 0.104. The highest BCUT2D eigenvalue weighted by Gasteiger charge is 2.40. The van der Waals surface area contributed by atoms with Crippen molar-refractivity contribution in [1.82, 2.24) is 14.5 Å². The third kappa shape index (κ3) is 5.34. The molecule has 1 aliphatic rings. The molecule has 1 fully saturated rings. The molecule has 2 aromatic heterocycles. The van der Waals surface area contributed by atoms with E-state index in [1.54, 1.807) is 41.1 Å². The minimum Gasteiger partial charge on any atom is -0.467 e. The van der Waals surface area contributed by atoms with Crippen molar-refractivity contribution < 1.29 is 28.5 Å². The van der Waals surface area contributed by atoms with Crippen LogP contribution in [0.15, 0.2) is 60.8 Å². The molecule has 9 nitrogen and oxygen atoms in total. The number of fused-ring (bicyclic) bond motifs is 1. The van der Waals surface area contributed by atoms with Gasteiger partial charge < -0.3 is 23.5 Å². The highest BCUT2D eigenvalue weighted by atomic mass is 35.5. The second-order valence-electron chi connectivity index (χ2n) is 9.10. The highest BCUT2D eigenvalue weighted by molar-refractivity contribution is 6.34. The average molecular weight is 536 g/mol. The van der Waals surface area contributed by atoms with Gasteiger partial charge in [-0.25, -0.2) is 9.59 Å². The third-order valence-corrected chi connectivity index (χ3v) is 6.68. The zero-order valence-corrected chi connectivity index (χ0v) is 21.8. The third-order valence-electron chi connectivity index (χ3n) is 6.39. The molecule has 2 aromatic carbocycles. The van der Waals surface area contributed by atoms with E-state index in [0.717, 1.165) is 11.1 Å². The van der Waals surface area contributed by atoms with Crippen molar-refractivity contribution in [2.75, 3.05) is 13.7 Å². The minimum atomic E-state index is -0.708. The van der Waals surface area contributed by atoms with Gasteiger partial charge in [-0.3, -0.25) is 0 Å². The van der Waals surface area contributed by atoms with Gasteiger partial charge in [-0.2, -0.15) is 9.97 Å². The fraction of sp³-hybridized carbons (Fsp3) is 0.286. The second kappa shape index (κ2) is 10.8. The van der Waals surface area contributed by atoms with E-state index in [0.29, 0.717) is 28.6 Å². The first kappa shape index (κ1) is 25.7. The van der Waals surface area contributed by atoms with E-state index >= 15 is 0 Å². The summed E-state index contributed by atoms with van der Waals surface area (Å²) in [7, 11) is 1.45. The van der Waals surface area contributed by atoms with E-state index in [4.69, 9.17) is 30.5 Å². The Kier molecular flexibility index (Phi) is 7.31. The van der Waals surface area contributed by atoms with Crippen molar-refractivity contribution in [1.29, 1.82) is 0 Å². The summed E-state index contributed by atoms with van der Waals surface area (Å²) >= 11 is 6.31. The summed E-state index contributed by atoms with van der Waals surface area (Å²) in [4.78, 5) is 34.1. The molecule has 3 atom stereocenters. The smallest absolute Gasteiger partial charge is 0.338 e. The number of ether oxygens (including phenoxy) is 4. The highest BCUT2D eigenvalue weighted by Crippen LogP contribution is 2.35. The molecule has 0 unspecified atom stereocenters. The lowest BCUT2D eigenvalue weighted by atomic mass is 10.1. The molecule has 0 N–H and O–H groups in total. The second-order valence-corrected chi connectivity index (χ2v) is 9.46. The van der Waals surface area contributed by atoms with Crippen LogP contribution in [-0.4, -0.2) is 52.4 Å². The van der Waals surface area contributed by atoms with E-state index in [-0.39, 0.29) is 17.8 Å². The number of hydrogen-bond donors (Lipinski definition) is 0. The van der Waals surface area contributed by atoms with Crippen molar-refractivity contribution in [2.24, 2.45) is 0 Å². The van der Waals surface area contributed by atoms with Gasteiger partial charge in [0.1, 0.15) is 30.2 Å². The largest absolute Gasteiger partial charge is 0.467 e. The Hall–Kier alpha value is -3.95. The molecule has 196 valence electrons. The fourth-order valence-electron chi connectivity index (χ4n) is 4.27. The van der Waals surface area contributed by atoms with E-state index in [1.807, 2.05) is 38.1 Å². The van der Waals surface area contributed by atoms with Gasteiger partial charge >= 0.3 is 17.9 Å². The molecule has 0 saturated carbocycles. The summed E-state index contributed by atoms with van der Waals surface area (Å²) in [6.07, 6.45) is 0.117. The summed E-state index contributed by atoms with van der Waals surface area (Å²) in [5.41, 5.74) is 3.42. The van der Waals surface area contributed by atoms with E-state index in [2.05, 4.69) is 9.97 Å². The van der Waals surface area contributed by atoms with Gasteiger partial charge in [0.15, 0.2) is 5.65 Å². The van der Waals surface area contributed by atoms with Crippen LogP contribution < -0.4 is 4.74 Å². The Balaban J connectivity index is 1.38. The van der Waals surface area contributed by atoms with E-state index in [9.17, 15) is 9.59 Å².